The average Bonchev–Trinajstić information content (AvgIpc) is 2.85. The summed E-state index contributed by atoms with van der Waals surface area (Å²) in [6, 6.07) is 13.6. The van der Waals surface area contributed by atoms with E-state index >= 15 is 0 Å². The summed E-state index contributed by atoms with van der Waals surface area (Å²) < 4.78 is 5.35. The fourth-order valence-corrected chi connectivity index (χ4v) is 2.83. The number of amides is 2. The number of fused-ring (bicyclic) bond motifs is 1. The molecule has 0 spiro atoms. The SMILES string of the molecule is C[C@H](OC(=O)CCN1C(=O)c2ccccc2C1=O)c1ccc(Cl)cc1. The maximum absolute atomic E-state index is 12.2. The highest BCUT2D eigenvalue weighted by Gasteiger charge is 2.35. The Bertz CT molecular complexity index is 797. The Labute approximate surface area is 150 Å². The number of halogens is 1. The first-order chi connectivity index (χ1) is 12.0. The number of hydrogen-bond donors (Lipinski definition) is 0. The normalized spacial score (nSPS) is 14.4. The molecule has 1 atom stereocenters. The molecule has 1 aliphatic rings. The number of nitrogens with zero attached hydrogens (tertiary/aromatic N) is 1. The molecule has 1 aliphatic heterocycles. The molecule has 0 fully saturated rings. The zero-order chi connectivity index (χ0) is 18.0. The summed E-state index contributed by atoms with van der Waals surface area (Å²) in [5.74, 6) is -1.22. The lowest BCUT2D eigenvalue weighted by atomic mass is 10.1. The van der Waals surface area contributed by atoms with Gasteiger partial charge in [0.05, 0.1) is 17.5 Å². The fraction of sp³-hybridized carbons (Fsp3) is 0.211. The second-order valence-corrected chi connectivity index (χ2v) is 6.18. The van der Waals surface area contributed by atoms with Crippen LogP contribution in [0.1, 0.15) is 45.7 Å². The minimum atomic E-state index is -0.473. The topological polar surface area (TPSA) is 63.7 Å². The minimum Gasteiger partial charge on any atom is -0.458 e. The maximum Gasteiger partial charge on any atom is 0.308 e. The number of esters is 1. The standard InChI is InChI=1S/C19H16ClNO4/c1-12(13-6-8-14(20)9-7-13)25-17(22)10-11-21-18(23)15-4-2-3-5-16(15)19(21)24/h2-9,12H,10-11H2,1H3/t12-/m0/s1. The van der Waals surface area contributed by atoms with Crippen LogP contribution in [0.4, 0.5) is 0 Å². The van der Waals surface area contributed by atoms with Crippen LogP contribution in [-0.2, 0) is 9.53 Å². The van der Waals surface area contributed by atoms with Gasteiger partial charge in [-0.3, -0.25) is 19.3 Å². The third-order valence-corrected chi connectivity index (χ3v) is 4.32. The summed E-state index contributed by atoms with van der Waals surface area (Å²) in [5.41, 5.74) is 1.56. The number of benzene rings is 2. The molecule has 0 unspecified atom stereocenters. The van der Waals surface area contributed by atoms with E-state index in [1.54, 1.807) is 55.5 Å². The van der Waals surface area contributed by atoms with Crippen molar-refractivity contribution in [3.63, 3.8) is 0 Å². The third kappa shape index (κ3) is 3.56. The second kappa shape index (κ2) is 7.07. The van der Waals surface area contributed by atoms with Gasteiger partial charge in [0.25, 0.3) is 11.8 Å². The summed E-state index contributed by atoms with van der Waals surface area (Å²) in [5, 5.41) is 0.605. The van der Waals surface area contributed by atoms with Crippen LogP contribution in [0.25, 0.3) is 0 Å². The van der Waals surface area contributed by atoms with Crippen LogP contribution in [0.5, 0.6) is 0 Å². The van der Waals surface area contributed by atoms with Gasteiger partial charge in [-0.2, -0.15) is 0 Å². The highest BCUT2D eigenvalue weighted by atomic mass is 35.5. The Hall–Kier alpha value is -2.66. The molecule has 0 N–H and O–H groups in total. The molecule has 2 aromatic rings. The number of ether oxygens (including phenoxy) is 1. The predicted molar refractivity (Wildman–Crippen MR) is 92.4 cm³/mol. The van der Waals surface area contributed by atoms with E-state index in [2.05, 4.69) is 0 Å². The first-order valence-electron chi connectivity index (χ1n) is 7.87. The molecule has 25 heavy (non-hydrogen) atoms. The molecule has 1 heterocycles. The van der Waals surface area contributed by atoms with Crippen molar-refractivity contribution in [3.05, 3.63) is 70.2 Å². The fourth-order valence-electron chi connectivity index (χ4n) is 2.70. The number of rotatable bonds is 5. The zero-order valence-electron chi connectivity index (χ0n) is 13.6. The van der Waals surface area contributed by atoms with E-state index in [0.717, 1.165) is 10.5 Å². The van der Waals surface area contributed by atoms with Gasteiger partial charge in [-0.15, -0.1) is 0 Å². The Balaban J connectivity index is 1.57. The van der Waals surface area contributed by atoms with E-state index in [9.17, 15) is 14.4 Å². The molecule has 0 bridgehead atoms. The van der Waals surface area contributed by atoms with E-state index in [-0.39, 0.29) is 24.8 Å². The first-order valence-corrected chi connectivity index (χ1v) is 8.25. The molecule has 2 amide bonds. The smallest absolute Gasteiger partial charge is 0.308 e. The Morgan fingerprint density at radius 2 is 1.60 bits per heavy atom. The van der Waals surface area contributed by atoms with E-state index in [1.807, 2.05) is 0 Å². The van der Waals surface area contributed by atoms with Gasteiger partial charge < -0.3 is 4.74 Å². The predicted octanol–water partition coefficient (Wildman–Crippen LogP) is 3.63. The average molecular weight is 358 g/mol. The summed E-state index contributed by atoms with van der Waals surface area (Å²) in [4.78, 5) is 37.6. The number of carbonyl (C=O) groups is 3. The van der Waals surface area contributed by atoms with Crippen LogP contribution in [0.2, 0.25) is 5.02 Å². The quantitative estimate of drug-likeness (QED) is 0.605. The van der Waals surface area contributed by atoms with Crippen molar-refractivity contribution >= 4 is 29.4 Å². The van der Waals surface area contributed by atoms with Crippen molar-refractivity contribution in [1.29, 1.82) is 0 Å². The lowest BCUT2D eigenvalue weighted by molar-refractivity contribution is -0.148. The molecule has 0 saturated carbocycles. The van der Waals surface area contributed by atoms with Crippen molar-refractivity contribution in [2.75, 3.05) is 6.54 Å². The number of carbonyl (C=O) groups excluding carboxylic acids is 3. The van der Waals surface area contributed by atoms with Gasteiger partial charge in [-0.05, 0) is 36.8 Å². The highest BCUT2D eigenvalue weighted by molar-refractivity contribution is 6.30. The van der Waals surface area contributed by atoms with Crippen LogP contribution in [0, 0.1) is 0 Å². The van der Waals surface area contributed by atoms with Gasteiger partial charge in [0.2, 0.25) is 0 Å². The van der Waals surface area contributed by atoms with Crippen molar-refractivity contribution in [2.24, 2.45) is 0 Å². The zero-order valence-corrected chi connectivity index (χ0v) is 14.3. The Kier molecular flexibility index (Phi) is 4.86. The molecule has 0 radical (unpaired) electrons. The molecular formula is C19H16ClNO4. The second-order valence-electron chi connectivity index (χ2n) is 5.74. The van der Waals surface area contributed by atoms with Gasteiger partial charge in [0.15, 0.2) is 0 Å². The Morgan fingerprint density at radius 1 is 1.04 bits per heavy atom. The van der Waals surface area contributed by atoms with E-state index in [1.165, 1.54) is 0 Å². The molecular weight excluding hydrogens is 342 g/mol. The van der Waals surface area contributed by atoms with Crippen molar-refractivity contribution in [2.45, 2.75) is 19.4 Å². The lowest BCUT2D eigenvalue weighted by Gasteiger charge is -2.16. The number of imide groups is 1. The first kappa shape index (κ1) is 17.2. The summed E-state index contributed by atoms with van der Waals surface area (Å²) >= 11 is 5.83. The molecule has 0 aromatic heterocycles. The van der Waals surface area contributed by atoms with Gasteiger partial charge in [0.1, 0.15) is 6.10 Å². The van der Waals surface area contributed by atoms with Gasteiger partial charge >= 0.3 is 5.97 Å². The number of hydrogen-bond acceptors (Lipinski definition) is 4. The maximum atomic E-state index is 12.2. The van der Waals surface area contributed by atoms with Gasteiger partial charge in [-0.1, -0.05) is 35.9 Å². The molecule has 0 aliphatic carbocycles. The largest absolute Gasteiger partial charge is 0.458 e. The third-order valence-electron chi connectivity index (χ3n) is 4.07. The summed E-state index contributed by atoms with van der Waals surface area (Å²) in [6.07, 6.45) is -0.490. The van der Waals surface area contributed by atoms with Gasteiger partial charge in [0, 0.05) is 11.6 Å². The Morgan fingerprint density at radius 3 is 2.16 bits per heavy atom. The minimum absolute atomic E-state index is 0.00147. The lowest BCUT2D eigenvalue weighted by Crippen LogP contribution is -2.32. The molecule has 0 saturated heterocycles. The summed E-state index contributed by atoms with van der Waals surface area (Å²) in [7, 11) is 0. The van der Waals surface area contributed by atoms with Gasteiger partial charge in [-0.25, -0.2) is 0 Å². The van der Waals surface area contributed by atoms with Crippen molar-refractivity contribution in [1.82, 2.24) is 4.90 Å². The van der Waals surface area contributed by atoms with Crippen LogP contribution in [-0.4, -0.2) is 29.2 Å². The molecule has 128 valence electrons. The molecule has 6 heteroatoms. The van der Waals surface area contributed by atoms with Crippen LogP contribution < -0.4 is 0 Å². The van der Waals surface area contributed by atoms with E-state index < -0.39 is 12.1 Å². The highest BCUT2D eigenvalue weighted by Crippen LogP contribution is 2.23. The van der Waals surface area contributed by atoms with E-state index in [0.29, 0.717) is 16.1 Å². The molecule has 5 nitrogen and oxygen atoms in total. The van der Waals surface area contributed by atoms with Crippen LogP contribution in [0.3, 0.4) is 0 Å². The monoisotopic (exact) mass is 357 g/mol. The molecule has 3 rings (SSSR count). The van der Waals surface area contributed by atoms with Crippen LogP contribution >= 0.6 is 11.6 Å². The van der Waals surface area contributed by atoms with E-state index in [4.69, 9.17) is 16.3 Å². The van der Waals surface area contributed by atoms with Crippen LogP contribution in [0.15, 0.2) is 48.5 Å². The van der Waals surface area contributed by atoms with Crippen molar-refractivity contribution in [3.8, 4) is 0 Å². The summed E-state index contributed by atoms with van der Waals surface area (Å²) in [6.45, 7) is 1.75. The van der Waals surface area contributed by atoms with Crippen molar-refractivity contribution < 1.29 is 19.1 Å². The molecule has 2 aromatic carbocycles.